The van der Waals surface area contributed by atoms with E-state index < -0.39 is 0 Å². The Balaban J connectivity index is 0.000000330. The minimum Gasteiger partial charge on any atom is -0.357 e. The SMILES string of the molecule is CC(=O)N(CCC(=O)CCCN)CCC(=O)NCCN.CC(=O)N(CCC(=O)NCCN)CC(=O)CCCN.CC(=O)N(CCC(=O)NCCN)CCC(=O)NCCN.CC(=O)N(CCC(=O)NCN)CCC(=O)NCCN.[Zn+2].c1ccc2c(c1)-c1nc-2nc2[n-]c(nc3nc(nc4[n-]c(n1)c1ccccc41)-c1ccccc1-3)c1ccccc21. The fourth-order valence-corrected chi connectivity index (χ4v) is 11.5. The molecule has 0 aliphatic carbocycles. The second kappa shape index (κ2) is 55.3. The Morgan fingerprint density at radius 1 is 0.294 bits per heavy atom. The van der Waals surface area contributed by atoms with Crippen LogP contribution < -0.4 is 87.7 Å². The summed E-state index contributed by atoms with van der Waals surface area (Å²) in [6.07, 6.45) is 3.54. The summed E-state index contributed by atoms with van der Waals surface area (Å²) in [4.78, 5) is 182. The number of nitrogens with two attached hydrogens (primary N) is 8. The number of rotatable bonds is 40. The number of hydrogen-bond acceptors (Lipinski definition) is 26. The smallest absolute Gasteiger partial charge is 0.357 e. The van der Waals surface area contributed by atoms with Crippen LogP contribution in [0.25, 0.3) is 89.7 Å². The first-order valence-electron chi connectivity index (χ1n) is 39.2. The average Bonchev–Trinajstić information content (AvgIpc) is 1.60. The van der Waals surface area contributed by atoms with Gasteiger partial charge in [-0.2, -0.15) is 0 Å². The molecule has 22 N–H and O–H groups in total. The normalized spacial score (nSPS) is 10.6. The molecule has 2 aliphatic rings. The maximum absolute atomic E-state index is 11.6. The van der Waals surface area contributed by atoms with Crippen LogP contribution in [0, 0.1) is 0 Å². The summed E-state index contributed by atoms with van der Waals surface area (Å²) in [5.41, 5.74) is 47.9. The van der Waals surface area contributed by atoms with Crippen molar-refractivity contribution in [3.8, 4) is 45.6 Å². The van der Waals surface area contributed by atoms with Gasteiger partial charge in [-0.05, 0) is 47.5 Å². The Kier molecular flexibility index (Phi) is 46.4. The number of nitrogens with zero attached hydrogens (tertiary/aromatic N) is 12. The van der Waals surface area contributed by atoms with Crippen LogP contribution in [0.1, 0.15) is 98.3 Å². The first-order chi connectivity index (χ1) is 56.8. The molecule has 0 unspecified atom stereocenters. The van der Waals surface area contributed by atoms with Crippen molar-refractivity contribution in [2.75, 3.05) is 138 Å². The summed E-state index contributed by atoms with van der Waals surface area (Å²) in [5.74, 6) is 0.554. The monoisotopic (exact) mass is 1690 g/mol. The van der Waals surface area contributed by atoms with Crippen molar-refractivity contribution in [1.29, 1.82) is 0 Å². The molecule has 0 saturated heterocycles. The molecule has 38 nitrogen and oxygen atoms in total. The number of ketones is 2. The summed E-state index contributed by atoms with van der Waals surface area (Å²) in [6, 6.07) is 31.8. The number of benzene rings is 4. The Morgan fingerprint density at radius 3 is 0.773 bits per heavy atom. The van der Waals surface area contributed by atoms with Gasteiger partial charge in [-0.1, -0.05) is 97.1 Å². The molecule has 0 saturated carbocycles. The van der Waals surface area contributed by atoms with Crippen LogP contribution in [0.15, 0.2) is 97.1 Å². The van der Waals surface area contributed by atoms with E-state index in [1.165, 1.54) is 47.3 Å². The van der Waals surface area contributed by atoms with Crippen LogP contribution in [-0.4, -0.2) is 258 Å². The molecule has 638 valence electrons. The van der Waals surface area contributed by atoms with E-state index in [4.69, 9.17) is 85.7 Å². The van der Waals surface area contributed by atoms with Gasteiger partial charge in [0.05, 0.1) is 36.5 Å². The first-order valence-corrected chi connectivity index (χ1v) is 39.2. The molecule has 8 bridgehead atoms. The van der Waals surface area contributed by atoms with Crippen molar-refractivity contribution in [1.82, 2.24) is 91.4 Å². The number of carbonyl (C=O) groups is 12. The van der Waals surface area contributed by atoms with Gasteiger partial charge in [-0.3, -0.25) is 57.5 Å². The fourth-order valence-electron chi connectivity index (χ4n) is 11.5. The van der Waals surface area contributed by atoms with E-state index in [9.17, 15) is 57.5 Å². The molecule has 4 aromatic carbocycles. The topological polar surface area (TPSA) is 604 Å². The third-order valence-electron chi connectivity index (χ3n) is 17.7. The van der Waals surface area contributed by atoms with Crippen LogP contribution in [0.3, 0.4) is 0 Å². The van der Waals surface area contributed by atoms with Crippen molar-refractivity contribution in [3.05, 3.63) is 97.1 Å². The molecule has 0 atom stereocenters. The fraction of sp³-hybridized carbons (Fsp3) is 0.450. The number of nitrogens with one attached hydrogen (secondary N) is 6. The second-order valence-electron chi connectivity index (χ2n) is 26.7. The maximum atomic E-state index is 11.6. The molecule has 119 heavy (non-hydrogen) atoms. The van der Waals surface area contributed by atoms with E-state index in [0.717, 1.165) is 43.8 Å². The minimum absolute atomic E-state index is 0. The van der Waals surface area contributed by atoms with Crippen LogP contribution in [0.5, 0.6) is 0 Å². The maximum Gasteiger partial charge on any atom is 2.00 e. The van der Waals surface area contributed by atoms with Gasteiger partial charge in [-0.15, -0.1) is 0 Å². The van der Waals surface area contributed by atoms with E-state index in [-0.39, 0.29) is 175 Å². The third kappa shape index (κ3) is 35.0. The van der Waals surface area contributed by atoms with E-state index in [1.807, 2.05) is 97.1 Å². The van der Waals surface area contributed by atoms with Crippen LogP contribution in [0.2, 0.25) is 0 Å². The molecule has 0 spiro atoms. The first kappa shape index (κ1) is 99.9. The van der Waals surface area contributed by atoms with Gasteiger partial charge in [0.1, 0.15) is 5.78 Å². The molecule has 5 heterocycles. The molecular weight excluding hydrogens is 1580 g/mol. The zero-order chi connectivity index (χ0) is 86.3. The van der Waals surface area contributed by atoms with Crippen molar-refractivity contribution in [3.63, 3.8) is 0 Å². The molecular formula is C80H114N26O12Zn. The van der Waals surface area contributed by atoms with Crippen molar-refractivity contribution in [2.24, 2.45) is 45.9 Å². The summed E-state index contributed by atoms with van der Waals surface area (Å²) >= 11 is 0. The Hall–Kier alpha value is -11.4. The van der Waals surface area contributed by atoms with E-state index in [2.05, 4.69) is 31.9 Å². The predicted molar refractivity (Wildman–Crippen MR) is 449 cm³/mol. The summed E-state index contributed by atoms with van der Waals surface area (Å²) in [7, 11) is 0. The number of Topliss-reactive ketones (excluding diaryl/α,β-unsaturated/α-hetero) is 2. The average molecular weight is 1700 g/mol. The summed E-state index contributed by atoms with van der Waals surface area (Å²) in [5, 5.41) is 19.1. The van der Waals surface area contributed by atoms with Gasteiger partial charge in [0, 0.05) is 242 Å². The van der Waals surface area contributed by atoms with Gasteiger partial charge in [0.15, 0.2) is 5.78 Å². The minimum atomic E-state index is -0.221. The Morgan fingerprint density at radius 2 is 0.529 bits per heavy atom. The Bertz CT molecular complexity index is 4250. The molecule has 0 fully saturated rings. The summed E-state index contributed by atoms with van der Waals surface area (Å²) in [6.45, 7) is 12.7. The molecule has 9 rings (SSSR count). The number of fused-ring (bicyclic) bond motifs is 20. The number of aromatic nitrogens is 8. The third-order valence-corrected chi connectivity index (χ3v) is 17.7. The number of hydrogen-bond donors (Lipinski definition) is 14. The molecule has 39 heteroatoms. The van der Waals surface area contributed by atoms with Crippen molar-refractivity contribution >= 4 is 115 Å². The summed E-state index contributed by atoms with van der Waals surface area (Å²) < 4.78 is 0. The van der Waals surface area contributed by atoms with Gasteiger partial charge in [0.25, 0.3) is 0 Å². The van der Waals surface area contributed by atoms with Crippen molar-refractivity contribution in [2.45, 2.75) is 98.3 Å². The number of amides is 10. The van der Waals surface area contributed by atoms with Gasteiger partial charge >= 0.3 is 19.5 Å². The molecule has 7 aromatic rings. The van der Waals surface area contributed by atoms with Crippen molar-refractivity contribution < 1.29 is 77.0 Å². The molecule has 10 amide bonds. The van der Waals surface area contributed by atoms with Gasteiger partial charge in [0.2, 0.25) is 59.1 Å². The molecule has 0 radical (unpaired) electrons. The zero-order valence-corrected chi connectivity index (χ0v) is 71.4. The van der Waals surface area contributed by atoms with E-state index >= 15 is 0 Å². The standard InChI is InChI=1S/C32H16N8.C13H26N4O3.C12H25N5O3.C12H24N4O3.C11H23N5O3.Zn/c1-2-10-18-17(9-1)25-33-26(18)38-28-21-13-5-6-14-22(21)30(35-28)40-32-24-16-8-7-15-23(24)31(36-32)39-29-20-12-4-3-11-19(20)27(34-29)37-25;1-11(18)17(9-4-12(19)3-2-6-14)10-5-13(20)16-8-7-15;1-10(18)17(8-2-11(19)15-6-4-13)9-3-12(20)16-7-5-14;1-10(17)16(9-11(18)3-2-5-13)8-4-12(19)15-7-6-14;1-9(17)16(7-3-11(19)15-8-13)6-2-10(18)14-5-4-12;/h1-16H;2-10,14-15H2,1H3,(H,16,20);2-9,13-14H2,1H3,(H,15,19)(H,16,20);2-9,13-14H2,1H3,(H,15,19);2-8,12-13H2,1H3,(H,14,18)(H,15,19);/q-2;;;;;+2. The molecule has 3 aromatic heterocycles. The van der Waals surface area contributed by atoms with Crippen LogP contribution in [-0.2, 0) is 77.0 Å². The van der Waals surface area contributed by atoms with Gasteiger partial charge < -0.3 is 127 Å². The van der Waals surface area contributed by atoms with Crippen LogP contribution >= 0.6 is 0 Å². The second-order valence-corrected chi connectivity index (χ2v) is 26.7. The zero-order valence-electron chi connectivity index (χ0n) is 68.5. The van der Waals surface area contributed by atoms with Crippen LogP contribution in [0.4, 0.5) is 0 Å². The largest absolute Gasteiger partial charge is 2.00 e. The predicted octanol–water partition coefficient (Wildman–Crippen LogP) is -0.782. The Labute approximate surface area is 704 Å². The molecule has 2 aliphatic heterocycles. The van der Waals surface area contributed by atoms with E-state index in [1.54, 1.807) is 0 Å². The van der Waals surface area contributed by atoms with E-state index in [0.29, 0.717) is 170 Å². The number of carbonyl (C=O) groups excluding carboxylic acids is 12. The van der Waals surface area contributed by atoms with Gasteiger partial charge in [-0.25, -0.2) is 9.97 Å². The quantitative estimate of drug-likeness (QED) is 0.0165.